The molecule has 0 aliphatic carbocycles. The molecule has 1 heterocycles. The molecule has 0 saturated carbocycles. The van der Waals surface area contributed by atoms with Crippen LogP contribution in [0.15, 0.2) is 43.0 Å². The number of benzene rings is 1. The maximum Gasteiger partial charge on any atom is 0.326 e. The molecule has 0 unspecified atom stereocenters. The van der Waals surface area contributed by atoms with Gasteiger partial charge in [0, 0.05) is 24.0 Å². The van der Waals surface area contributed by atoms with Crippen molar-refractivity contribution in [2.24, 2.45) is 0 Å². The summed E-state index contributed by atoms with van der Waals surface area (Å²) in [4.78, 5) is 15.4. The van der Waals surface area contributed by atoms with E-state index in [1.807, 2.05) is 24.3 Å². The molecular formula is C12H12ClN3O. The van der Waals surface area contributed by atoms with Crippen LogP contribution in [0.1, 0.15) is 5.56 Å². The van der Waals surface area contributed by atoms with Crippen LogP contribution in [0.5, 0.6) is 0 Å². The summed E-state index contributed by atoms with van der Waals surface area (Å²) >= 11 is 5.87. The maximum absolute atomic E-state index is 11.5. The molecule has 1 amide bonds. The van der Waals surface area contributed by atoms with Crippen molar-refractivity contribution in [1.29, 1.82) is 0 Å². The lowest BCUT2D eigenvalue weighted by Gasteiger charge is -2.05. The third-order valence-electron chi connectivity index (χ3n) is 2.32. The van der Waals surface area contributed by atoms with Crippen molar-refractivity contribution in [3.8, 4) is 0 Å². The Hall–Kier alpha value is -1.81. The number of aromatic nitrogens is 2. The van der Waals surface area contributed by atoms with Crippen LogP contribution in [0, 0.1) is 0 Å². The van der Waals surface area contributed by atoms with Crippen LogP contribution in [0.25, 0.3) is 0 Å². The van der Waals surface area contributed by atoms with Crippen molar-refractivity contribution < 1.29 is 4.79 Å². The minimum absolute atomic E-state index is 0.176. The van der Waals surface area contributed by atoms with Crippen molar-refractivity contribution in [3.63, 3.8) is 0 Å². The zero-order valence-electron chi connectivity index (χ0n) is 9.14. The smallest absolute Gasteiger partial charge is 0.326 e. The zero-order valence-corrected chi connectivity index (χ0v) is 9.89. The monoisotopic (exact) mass is 249 g/mol. The molecule has 0 aliphatic rings. The number of carbonyl (C=O) groups excluding carboxylic acids is 1. The zero-order chi connectivity index (χ0) is 12.1. The minimum Gasteiger partial charge on any atom is -0.337 e. The van der Waals surface area contributed by atoms with E-state index in [0.717, 1.165) is 12.0 Å². The largest absolute Gasteiger partial charge is 0.337 e. The number of halogens is 1. The van der Waals surface area contributed by atoms with Crippen LogP contribution >= 0.6 is 11.6 Å². The lowest BCUT2D eigenvalue weighted by molar-refractivity contribution is 0.242. The molecule has 0 aliphatic heterocycles. The molecule has 1 aromatic heterocycles. The Bertz CT molecular complexity index is 496. The van der Waals surface area contributed by atoms with Gasteiger partial charge in [-0.25, -0.2) is 9.78 Å². The van der Waals surface area contributed by atoms with Gasteiger partial charge in [0.1, 0.15) is 6.33 Å². The highest BCUT2D eigenvalue weighted by Crippen LogP contribution is 2.10. The molecule has 17 heavy (non-hydrogen) atoms. The van der Waals surface area contributed by atoms with E-state index in [4.69, 9.17) is 11.6 Å². The highest BCUT2D eigenvalue weighted by molar-refractivity contribution is 6.30. The van der Waals surface area contributed by atoms with Gasteiger partial charge in [-0.3, -0.25) is 4.57 Å². The van der Waals surface area contributed by atoms with E-state index in [9.17, 15) is 4.79 Å². The molecule has 4 nitrogen and oxygen atoms in total. The minimum atomic E-state index is -0.176. The number of amides is 1. The highest BCUT2D eigenvalue weighted by Gasteiger charge is 2.02. The predicted molar refractivity (Wildman–Crippen MR) is 66.2 cm³/mol. The molecule has 1 N–H and O–H groups in total. The molecule has 5 heteroatoms. The van der Waals surface area contributed by atoms with Gasteiger partial charge in [0.15, 0.2) is 0 Å². The molecule has 0 spiro atoms. The summed E-state index contributed by atoms with van der Waals surface area (Å²) in [5.41, 5.74) is 1.10. The average molecular weight is 250 g/mol. The Morgan fingerprint density at radius 2 is 2.35 bits per heavy atom. The highest BCUT2D eigenvalue weighted by atomic mass is 35.5. The van der Waals surface area contributed by atoms with Gasteiger partial charge < -0.3 is 5.32 Å². The summed E-state index contributed by atoms with van der Waals surface area (Å²) in [5, 5.41) is 3.51. The van der Waals surface area contributed by atoms with E-state index in [0.29, 0.717) is 11.6 Å². The lowest BCUT2D eigenvalue weighted by Crippen LogP contribution is -2.29. The standard InChI is InChI=1S/C12H12ClN3O/c13-11-3-1-2-10(8-11)4-5-15-12(17)16-7-6-14-9-16/h1-3,6-9H,4-5H2,(H,15,17). The lowest BCUT2D eigenvalue weighted by atomic mass is 10.1. The first-order chi connectivity index (χ1) is 8.25. The van der Waals surface area contributed by atoms with Gasteiger partial charge in [-0.05, 0) is 24.1 Å². The Morgan fingerprint density at radius 3 is 3.06 bits per heavy atom. The fourth-order valence-corrected chi connectivity index (χ4v) is 1.69. The number of hydrogen-bond acceptors (Lipinski definition) is 2. The first kappa shape index (κ1) is 11.7. The van der Waals surface area contributed by atoms with Crippen molar-refractivity contribution in [2.75, 3.05) is 6.54 Å². The molecule has 0 radical (unpaired) electrons. The third kappa shape index (κ3) is 3.32. The van der Waals surface area contributed by atoms with Crippen LogP contribution < -0.4 is 5.32 Å². The first-order valence-corrected chi connectivity index (χ1v) is 5.64. The average Bonchev–Trinajstić information content (AvgIpc) is 2.82. The van der Waals surface area contributed by atoms with Gasteiger partial charge in [0.2, 0.25) is 0 Å². The van der Waals surface area contributed by atoms with Crippen LogP contribution in [0.3, 0.4) is 0 Å². The number of carbonyl (C=O) groups is 1. The quantitative estimate of drug-likeness (QED) is 0.908. The summed E-state index contributed by atoms with van der Waals surface area (Å²) in [6, 6.07) is 7.43. The van der Waals surface area contributed by atoms with Crippen LogP contribution in [0.2, 0.25) is 5.02 Å². The Labute approximate surface area is 104 Å². The molecule has 2 rings (SSSR count). The van der Waals surface area contributed by atoms with E-state index in [-0.39, 0.29) is 6.03 Å². The van der Waals surface area contributed by atoms with Crippen molar-refractivity contribution in [3.05, 3.63) is 53.6 Å². The van der Waals surface area contributed by atoms with Crippen molar-refractivity contribution in [1.82, 2.24) is 14.9 Å². The Morgan fingerprint density at radius 1 is 1.47 bits per heavy atom. The van der Waals surface area contributed by atoms with E-state index in [1.54, 1.807) is 12.4 Å². The van der Waals surface area contributed by atoms with Gasteiger partial charge in [0.05, 0.1) is 0 Å². The van der Waals surface area contributed by atoms with E-state index in [2.05, 4.69) is 10.3 Å². The topological polar surface area (TPSA) is 46.9 Å². The summed E-state index contributed by atoms with van der Waals surface area (Å²) in [5.74, 6) is 0. The molecule has 0 fully saturated rings. The van der Waals surface area contributed by atoms with Gasteiger partial charge in [-0.1, -0.05) is 23.7 Å². The van der Waals surface area contributed by atoms with Crippen molar-refractivity contribution >= 4 is 17.6 Å². The summed E-state index contributed by atoms with van der Waals surface area (Å²) in [6.45, 7) is 0.567. The van der Waals surface area contributed by atoms with Gasteiger partial charge in [-0.15, -0.1) is 0 Å². The predicted octanol–water partition coefficient (Wildman–Crippen LogP) is 2.34. The number of rotatable bonds is 3. The van der Waals surface area contributed by atoms with E-state index >= 15 is 0 Å². The van der Waals surface area contributed by atoms with Gasteiger partial charge in [-0.2, -0.15) is 0 Å². The van der Waals surface area contributed by atoms with Crippen LogP contribution in [-0.2, 0) is 6.42 Å². The molecule has 2 aromatic rings. The summed E-state index contributed by atoms with van der Waals surface area (Å²) in [7, 11) is 0. The Kier molecular flexibility index (Phi) is 3.77. The first-order valence-electron chi connectivity index (χ1n) is 5.26. The maximum atomic E-state index is 11.5. The van der Waals surface area contributed by atoms with E-state index in [1.165, 1.54) is 10.9 Å². The number of imidazole rings is 1. The molecule has 1 aromatic carbocycles. The van der Waals surface area contributed by atoms with Crippen molar-refractivity contribution in [2.45, 2.75) is 6.42 Å². The normalized spacial score (nSPS) is 10.2. The second-order valence-electron chi connectivity index (χ2n) is 3.58. The fourth-order valence-electron chi connectivity index (χ4n) is 1.48. The summed E-state index contributed by atoms with van der Waals surface area (Å²) in [6.07, 6.45) is 5.39. The number of nitrogens with zero attached hydrogens (tertiary/aromatic N) is 2. The number of hydrogen-bond donors (Lipinski definition) is 1. The van der Waals surface area contributed by atoms with E-state index < -0.39 is 0 Å². The SMILES string of the molecule is O=C(NCCc1cccc(Cl)c1)n1ccnc1. The second kappa shape index (κ2) is 5.50. The molecule has 0 atom stereocenters. The second-order valence-corrected chi connectivity index (χ2v) is 4.02. The molecule has 0 saturated heterocycles. The third-order valence-corrected chi connectivity index (χ3v) is 2.55. The number of nitrogens with one attached hydrogen (secondary N) is 1. The summed E-state index contributed by atoms with van der Waals surface area (Å²) < 4.78 is 1.40. The molecular weight excluding hydrogens is 238 g/mol. The molecule has 0 bridgehead atoms. The van der Waals surface area contributed by atoms with Crippen LogP contribution in [0.4, 0.5) is 4.79 Å². The fraction of sp³-hybridized carbons (Fsp3) is 0.167. The Balaban J connectivity index is 1.82. The van der Waals surface area contributed by atoms with Crippen LogP contribution in [-0.4, -0.2) is 22.1 Å². The molecule has 88 valence electrons. The van der Waals surface area contributed by atoms with Gasteiger partial charge in [0.25, 0.3) is 0 Å². The van der Waals surface area contributed by atoms with Gasteiger partial charge >= 0.3 is 6.03 Å².